The van der Waals surface area contributed by atoms with Gasteiger partial charge in [0.15, 0.2) is 0 Å². The number of rotatable bonds is 10. The van der Waals surface area contributed by atoms with E-state index in [-0.39, 0.29) is 0 Å². The number of ether oxygens (including phenoxy) is 1. The highest BCUT2D eigenvalue weighted by Gasteiger charge is 2.34. The van der Waals surface area contributed by atoms with Crippen LogP contribution in [0.1, 0.15) is 71.0 Å². The van der Waals surface area contributed by atoms with Crippen LogP contribution < -0.4 is 10.6 Å². The van der Waals surface area contributed by atoms with Gasteiger partial charge in [0.1, 0.15) is 17.7 Å². The van der Waals surface area contributed by atoms with Gasteiger partial charge in [0.2, 0.25) is 5.91 Å². The fourth-order valence-corrected chi connectivity index (χ4v) is 2.98. The molecule has 0 saturated heterocycles. The minimum absolute atomic E-state index is 0.391. The number of terminal acetylenes is 1. The zero-order valence-corrected chi connectivity index (χ0v) is 19.7. The predicted octanol–water partition coefficient (Wildman–Crippen LogP) is 4.01. The molecule has 0 radical (unpaired) electrons. The van der Waals surface area contributed by atoms with Crippen molar-refractivity contribution >= 4 is 24.0 Å². The Morgan fingerprint density at radius 1 is 1.28 bits per heavy atom. The first-order valence-electron chi connectivity index (χ1n) is 10.8. The Hall–Kier alpha value is -3.27. The quantitative estimate of drug-likeness (QED) is 0.326. The first kappa shape index (κ1) is 26.8. The van der Waals surface area contributed by atoms with Gasteiger partial charge in [-0.05, 0) is 51.3 Å². The van der Waals surface area contributed by atoms with Crippen LogP contribution in [0.15, 0.2) is 30.8 Å². The number of amides is 3. The van der Waals surface area contributed by atoms with Crippen LogP contribution in [0.5, 0.6) is 0 Å². The van der Waals surface area contributed by atoms with E-state index in [1.165, 1.54) is 6.92 Å². The summed E-state index contributed by atoms with van der Waals surface area (Å²) in [4.78, 5) is 39.4. The summed E-state index contributed by atoms with van der Waals surface area (Å²) in [5.74, 6) is -0.992. The van der Waals surface area contributed by atoms with Gasteiger partial charge in [0.05, 0.1) is 0 Å². The van der Waals surface area contributed by atoms with Gasteiger partial charge in [-0.15, -0.1) is 0 Å². The smallest absolute Gasteiger partial charge is 0.408 e. The van der Waals surface area contributed by atoms with E-state index < -0.39 is 35.6 Å². The third kappa shape index (κ3) is 8.46. The Bertz CT molecular complexity index is 851. The number of nitrogens with zero attached hydrogens (tertiary/aromatic N) is 1. The summed E-state index contributed by atoms with van der Waals surface area (Å²) >= 11 is 0. The average Bonchev–Trinajstić information content (AvgIpc) is 2.72. The van der Waals surface area contributed by atoms with Crippen LogP contribution in [0.25, 0.3) is 6.08 Å². The highest BCUT2D eigenvalue weighted by molar-refractivity contribution is 5.93. The van der Waals surface area contributed by atoms with E-state index in [9.17, 15) is 14.4 Å². The van der Waals surface area contributed by atoms with E-state index in [1.807, 2.05) is 6.07 Å². The molecule has 2 N–H and O–H groups in total. The van der Waals surface area contributed by atoms with Gasteiger partial charge in [-0.25, -0.2) is 4.79 Å². The van der Waals surface area contributed by atoms with Crippen molar-refractivity contribution in [1.29, 1.82) is 0 Å². The summed E-state index contributed by atoms with van der Waals surface area (Å²) in [6, 6.07) is 7.36. The predicted molar refractivity (Wildman–Crippen MR) is 126 cm³/mol. The molecule has 7 heteroatoms. The molecule has 2 atom stereocenters. The molecule has 0 aromatic heterocycles. The standard InChI is InChI=1S/C25H35N3O4/c1-8-11-12-16-26-22(29)21(20-15-13-14-19(9-2)17-20)28(10-3)23(30)18(4)27-24(31)32-25(5,6)7/h3,9,13-15,17-18,21H,2,8,11-12,16H2,1,4-7H3,(H,26,29)(H,27,31). The number of unbranched alkanes of at least 4 members (excludes halogenated alkanes) is 2. The van der Waals surface area contributed by atoms with Crippen LogP contribution in [0.3, 0.4) is 0 Å². The summed E-state index contributed by atoms with van der Waals surface area (Å²) in [7, 11) is 0. The summed E-state index contributed by atoms with van der Waals surface area (Å²) in [5, 5.41) is 5.35. The SMILES string of the molecule is C#CN(C(=O)C(C)NC(=O)OC(C)(C)C)C(C(=O)NCCCCC)c1cccc(C=C)c1. The van der Waals surface area contributed by atoms with Crippen molar-refractivity contribution in [3.8, 4) is 12.5 Å². The molecule has 2 unspecified atom stereocenters. The van der Waals surface area contributed by atoms with Crippen LogP contribution in [0, 0.1) is 12.5 Å². The summed E-state index contributed by atoms with van der Waals surface area (Å²) in [6.45, 7) is 13.0. The van der Waals surface area contributed by atoms with Gasteiger partial charge < -0.3 is 15.4 Å². The van der Waals surface area contributed by atoms with Crippen molar-refractivity contribution in [3.63, 3.8) is 0 Å². The van der Waals surface area contributed by atoms with Crippen LogP contribution in [-0.4, -0.2) is 41.0 Å². The molecule has 174 valence electrons. The van der Waals surface area contributed by atoms with E-state index in [4.69, 9.17) is 11.2 Å². The molecule has 0 aliphatic carbocycles. The van der Waals surface area contributed by atoms with Crippen LogP contribution in [-0.2, 0) is 14.3 Å². The first-order valence-corrected chi connectivity index (χ1v) is 10.8. The molecule has 32 heavy (non-hydrogen) atoms. The second-order valence-corrected chi connectivity index (χ2v) is 8.48. The number of benzene rings is 1. The molecule has 0 aliphatic heterocycles. The molecular weight excluding hydrogens is 406 g/mol. The minimum Gasteiger partial charge on any atom is -0.444 e. The highest BCUT2D eigenvalue weighted by atomic mass is 16.6. The van der Waals surface area contributed by atoms with Crippen molar-refractivity contribution in [1.82, 2.24) is 15.5 Å². The normalized spacial score (nSPS) is 12.6. The van der Waals surface area contributed by atoms with Gasteiger partial charge in [-0.1, -0.05) is 57.0 Å². The maximum atomic E-state index is 13.1. The largest absolute Gasteiger partial charge is 0.444 e. The number of nitrogens with one attached hydrogen (secondary N) is 2. The minimum atomic E-state index is -1.06. The maximum Gasteiger partial charge on any atom is 0.408 e. The van der Waals surface area contributed by atoms with E-state index in [1.54, 1.807) is 45.0 Å². The number of hydrogen-bond acceptors (Lipinski definition) is 4. The zero-order chi connectivity index (χ0) is 24.3. The van der Waals surface area contributed by atoms with Gasteiger partial charge >= 0.3 is 6.09 Å². The Kier molecular flexibility index (Phi) is 10.5. The second-order valence-electron chi connectivity index (χ2n) is 8.48. The van der Waals surface area contributed by atoms with Crippen molar-refractivity contribution < 1.29 is 19.1 Å². The number of alkyl carbamates (subject to hydrolysis) is 1. The third-order valence-corrected chi connectivity index (χ3v) is 4.53. The van der Waals surface area contributed by atoms with Crippen LogP contribution >= 0.6 is 0 Å². The third-order valence-electron chi connectivity index (χ3n) is 4.53. The van der Waals surface area contributed by atoms with Crippen molar-refractivity contribution in [2.45, 2.75) is 71.6 Å². The van der Waals surface area contributed by atoms with Crippen molar-refractivity contribution in [2.75, 3.05) is 6.54 Å². The second kappa shape index (κ2) is 12.6. The molecule has 0 spiro atoms. The van der Waals surface area contributed by atoms with Gasteiger partial charge in [-0.2, -0.15) is 0 Å². The Morgan fingerprint density at radius 2 is 1.97 bits per heavy atom. The lowest BCUT2D eigenvalue weighted by atomic mass is 10.0. The number of carbonyl (C=O) groups is 3. The molecule has 1 rings (SSSR count). The van der Waals surface area contributed by atoms with E-state index in [2.05, 4.69) is 30.2 Å². The van der Waals surface area contributed by atoms with E-state index >= 15 is 0 Å². The van der Waals surface area contributed by atoms with Crippen molar-refractivity contribution in [2.24, 2.45) is 0 Å². The lowest BCUT2D eigenvalue weighted by molar-refractivity contribution is -0.138. The Balaban J connectivity index is 3.16. The van der Waals surface area contributed by atoms with E-state index in [0.717, 1.165) is 29.7 Å². The summed E-state index contributed by atoms with van der Waals surface area (Å²) in [6.07, 6.45) is 9.40. The maximum absolute atomic E-state index is 13.1. The van der Waals surface area contributed by atoms with E-state index in [0.29, 0.717) is 12.1 Å². The molecule has 0 heterocycles. The Morgan fingerprint density at radius 3 is 2.53 bits per heavy atom. The van der Waals surface area contributed by atoms with Gasteiger partial charge in [0.25, 0.3) is 5.91 Å². The zero-order valence-electron chi connectivity index (χ0n) is 19.7. The first-order chi connectivity index (χ1) is 15.0. The lowest BCUT2D eigenvalue weighted by Crippen LogP contribution is -2.50. The van der Waals surface area contributed by atoms with Crippen LogP contribution in [0.2, 0.25) is 0 Å². The molecule has 0 saturated carbocycles. The lowest BCUT2D eigenvalue weighted by Gasteiger charge is -2.29. The topological polar surface area (TPSA) is 87.7 Å². The highest BCUT2D eigenvalue weighted by Crippen LogP contribution is 2.23. The van der Waals surface area contributed by atoms with Gasteiger partial charge in [0, 0.05) is 12.6 Å². The molecule has 7 nitrogen and oxygen atoms in total. The Labute approximate surface area is 191 Å². The summed E-state index contributed by atoms with van der Waals surface area (Å²) in [5.41, 5.74) is 0.617. The molecule has 0 bridgehead atoms. The molecule has 1 aromatic carbocycles. The molecule has 0 aliphatic rings. The molecule has 1 aromatic rings. The fraction of sp³-hybridized carbons (Fsp3) is 0.480. The van der Waals surface area contributed by atoms with Gasteiger partial charge in [-0.3, -0.25) is 14.5 Å². The van der Waals surface area contributed by atoms with Crippen molar-refractivity contribution in [3.05, 3.63) is 42.0 Å². The average molecular weight is 442 g/mol. The molecular formula is C25H35N3O4. The number of carbonyl (C=O) groups excluding carboxylic acids is 3. The van der Waals surface area contributed by atoms with Crippen LogP contribution in [0.4, 0.5) is 4.79 Å². The molecule has 3 amide bonds. The fourth-order valence-electron chi connectivity index (χ4n) is 2.98. The molecule has 0 fully saturated rings. The monoisotopic (exact) mass is 441 g/mol. The summed E-state index contributed by atoms with van der Waals surface area (Å²) < 4.78 is 5.21. The number of hydrogen-bond donors (Lipinski definition) is 2.